The summed E-state index contributed by atoms with van der Waals surface area (Å²) in [5, 5.41) is 0. The van der Waals surface area contributed by atoms with Crippen LogP contribution in [0.4, 0.5) is 0 Å². The van der Waals surface area contributed by atoms with Gasteiger partial charge in [-0.3, -0.25) is 14.4 Å². The Morgan fingerprint density at radius 2 is 0.434 bits per heavy atom. The second kappa shape index (κ2) is 70.8. The van der Waals surface area contributed by atoms with Crippen LogP contribution in [0.2, 0.25) is 0 Å². The van der Waals surface area contributed by atoms with E-state index in [1.807, 2.05) is 0 Å². The van der Waals surface area contributed by atoms with E-state index < -0.39 is 6.10 Å². The molecule has 0 rings (SSSR count). The van der Waals surface area contributed by atoms with Crippen molar-refractivity contribution in [3.05, 3.63) is 97.2 Å². The molecule has 0 fully saturated rings. The molecule has 1 atom stereocenters. The van der Waals surface area contributed by atoms with Gasteiger partial charge in [-0.25, -0.2) is 0 Å². The number of carbonyl (C=O) groups is 3. The Morgan fingerprint density at radius 3 is 0.699 bits per heavy atom. The number of carbonyl (C=O) groups excluding carboxylic acids is 3. The molecule has 6 nitrogen and oxygen atoms in total. The highest BCUT2D eigenvalue weighted by Gasteiger charge is 2.19. The molecule has 0 spiro atoms. The lowest BCUT2D eigenvalue weighted by Crippen LogP contribution is -2.30. The van der Waals surface area contributed by atoms with E-state index in [-0.39, 0.29) is 31.1 Å². The van der Waals surface area contributed by atoms with E-state index in [0.29, 0.717) is 19.3 Å². The fraction of sp³-hybridized carbons (Fsp3) is 0.753. The normalized spacial score (nSPS) is 12.7. The van der Waals surface area contributed by atoms with Gasteiger partial charge in [0.25, 0.3) is 0 Å². The molecule has 83 heavy (non-hydrogen) atoms. The lowest BCUT2D eigenvalue weighted by Gasteiger charge is -2.18. The smallest absolute Gasteiger partial charge is 0.306 e. The van der Waals surface area contributed by atoms with Crippen LogP contribution in [-0.4, -0.2) is 37.2 Å². The minimum atomic E-state index is -0.793. The fourth-order valence-corrected chi connectivity index (χ4v) is 10.1. The van der Waals surface area contributed by atoms with Gasteiger partial charge in [-0.1, -0.05) is 304 Å². The van der Waals surface area contributed by atoms with E-state index >= 15 is 0 Å². The number of allylic oxidation sites excluding steroid dienone is 16. The van der Waals surface area contributed by atoms with Gasteiger partial charge in [0.05, 0.1) is 0 Å². The third-order valence-electron chi connectivity index (χ3n) is 15.5. The first-order valence-corrected chi connectivity index (χ1v) is 35.7. The molecule has 0 aliphatic rings. The van der Waals surface area contributed by atoms with Crippen LogP contribution in [0.1, 0.15) is 355 Å². The van der Waals surface area contributed by atoms with Crippen LogP contribution in [0.25, 0.3) is 0 Å². The maximum atomic E-state index is 13.0. The molecule has 0 aromatic carbocycles. The molecule has 0 amide bonds. The topological polar surface area (TPSA) is 78.9 Å². The first kappa shape index (κ1) is 79.3. The Kier molecular flexibility index (Phi) is 67.7. The average Bonchev–Trinajstić information content (AvgIpc) is 3.50. The van der Waals surface area contributed by atoms with E-state index in [1.165, 1.54) is 205 Å². The highest BCUT2D eigenvalue weighted by atomic mass is 16.6. The Morgan fingerprint density at radius 1 is 0.241 bits per heavy atom. The summed E-state index contributed by atoms with van der Waals surface area (Å²) >= 11 is 0. The third kappa shape index (κ3) is 69.0. The molecule has 6 heteroatoms. The van der Waals surface area contributed by atoms with Gasteiger partial charge in [-0.05, 0) is 128 Å². The Balaban J connectivity index is 4.36. The highest BCUT2D eigenvalue weighted by molar-refractivity contribution is 5.71. The van der Waals surface area contributed by atoms with Crippen molar-refractivity contribution >= 4 is 17.9 Å². The molecule has 0 aromatic rings. The molecule has 1 unspecified atom stereocenters. The zero-order chi connectivity index (χ0) is 59.9. The number of ether oxygens (including phenoxy) is 3. The summed E-state index contributed by atoms with van der Waals surface area (Å²) < 4.78 is 17.0. The molecule has 0 N–H and O–H groups in total. The van der Waals surface area contributed by atoms with Gasteiger partial charge in [-0.2, -0.15) is 0 Å². The van der Waals surface area contributed by atoms with Crippen LogP contribution in [0.3, 0.4) is 0 Å². The second-order valence-corrected chi connectivity index (χ2v) is 23.8. The molecular weight excluding hydrogens is 1020 g/mol. The zero-order valence-electron chi connectivity index (χ0n) is 54.9. The van der Waals surface area contributed by atoms with Gasteiger partial charge in [0.1, 0.15) is 13.2 Å². The van der Waals surface area contributed by atoms with Crippen LogP contribution >= 0.6 is 0 Å². The first-order valence-electron chi connectivity index (χ1n) is 35.7. The SMILES string of the molecule is CCCCC/C=C\C/C=C\C/C=C\CCCCCCCCC(=O)OCC(COC(=O)CCCCCCCCCCCCCCCCC/C=C\C/C=C\CCCCCCC)OC(=O)CCCCCCCC/C=C\C/C=C\C/C=C\CCCCC. The van der Waals surface area contributed by atoms with Gasteiger partial charge < -0.3 is 14.2 Å². The number of rotatable bonds is 65. The predicted octanol–water partition coefficient (Wildman–Crippen LogP) is 24.8. The second-order valence-electron chi connectivity index (χ2n) is 23.8. The van der Waals surface area contributed by atoms with Gasteiger partial charge in [-0.15, -0.1) is 0 Å². The summed E-state index contributed by atoms with van der Waals surface area (Å²) in [5.41, 5.74) is 0. The van der Waals surface area contributed by atoms with E-state index in [1.54, 1.807) is 0 Å². The number of esters is 3. The van der Waals surface area contributed by atoms with Crippen molar-refractivity contribution in [2.45, 2.75) is 361 Å². The standard InChI is InChI=1S/C77H134O6/c1-4-7-10-13-16-19-22-25-28-31-34-35-36-37-38-39-40-41-44-46-49-52-55-58-61-64-67-70-76(79)82-73-74(83-77(80)71-68-65-62-59-56-53-50-47-43-33-30-27-24-21-18-15-12-9-6-3)72-81-75(78)69-66-63-60-57-54-51-48-45-42-32-29-26-23-20-17-14-11-8-5-2/h17-18,20-22,25-27,29-31,34,42-43,45,47,74H,4-16,19,23-24,28,32-33,35-41,44,46,48-73H2,1-3H3/b20-17-,21-18-,25-22-,29-26-,30-27-,34-31-,45-42-,47-43-. The summed E-state index contributed by atoms with van der Waals surface area (Å²) in [4.78, 5) is 38.5. The molecular formula is C77H134O6. The van der Waals surface area contributed by atoms with E-state index in [9.17, 15) is 14.4 Å². The van der Waals surface area contributed by atoms with Crippen LogP contribution in [0.15, 0.2) is 97.2 Å². The van der Waals surface area contributed by atoms with Crippen molar-refractivity contribution in [3.63, 3.8) is 0 Å². The maximum absolute atomic E-state index is 13.0. The summed E-state index contributed by atoms with van der Waals surface area (Å²) in [6, 6.07) is 0. The number of unbranched alkanes of at least 4 members (excludes halogenated alkanes) is 38. The maximum Gasteiger partial charge on any atom is 0.306 e. The summed E-state index contributed by atoms with van der Waals surface area (Å²) in [6.45, 7) is 6.60. The van der Waals surface area contributed by atoms with Crippen LogP contribution in [-0.2, 0) is 28.6 Å². The Bertz CT molecular complexity index is 1610. The van der Waals surface area contributed by atoms with E-state index in [2.05, 4.69) is 118 Å². The molecule has 0 bridgehead atoms. The van der Waals surface area contributed by atoms with Gasteiger partial charge >= 0.3 is 17.9 Å². The largest absolute Gasteiger partial charge is 0.462 e. The predicted molar refractivity (Wildman–Crippen MR) is 362 cm³/mol. The molecule has 478 valence electrons. The summed E-state index contributed by atoms with van der Waals surface area (Å²) in [6.07, 6.45) is 95.7. The number of hydrogen-bond acceptors (Lipinski definition) is 6. The molecule has 0 radical (unpaired) electrons. The highest BCUT2D eigenvalue weighted by Crippen LogP contribution is 2.17. The monoisotopic (exact) mass is 1160 g/mol. The fourth-order valence-electron chi connectivity index (χ4n) is 10.1. The first-order chi connectivity index (χ1) is 41.0. The summed E-state index contributed by atoms with van der Waals surface area (Å²) in [7, 11) is 0. The average molecular weight is 1160 g/mol. The van der Waals surface area contributed by atoms with Crippen molar-refractivity contribution in [3.8, 4) is 0 Å². The lowest BCUT2D eigenvalue weighted by molar-refractivity contribution is -0.167. The Labute approximate surface area is 515 Å². The van der Waals surface area contributed by atoms with Gasteiger partial charge in [0, 0.05) is 19.3 Å². The lowest BCUT2D eigenvalue weighted by atomic mass is 10.0. The Hall–Kier alpha value is -3.67. The van der Waals surface area contributed by atoms with Crippen molar-refractivity contribution in [1.29, 1.82) is 0 Å². The van der Waals surface area contributed by atoms with E-state index in [4.69, 9.17) is 14.2 Å². The number of hydrogen-bond donors (Lipinski definition) is 0. The van der Waals surface area contributed by atoms with Crippen molar-refractivity contribution < 1.29 is 28.6 Å². The quantitative estimate of drug-likeness (QED) is 0.0261. The minimum Gasteiger partial charge on any atom is -0.462 e. The van der Waals surface area contributed by atoms with Crippen LogP contribution in [0.5, 0.6) is 0 Å². The van der Waals surface area contributed by atoms with Crippen LogP contribution < -0.4 is 0 Å². The van der Waals surface area contributed by atoms with Crippen molar-refractivity contribution in [1.82, 2.24) is 0 Å². The molecule has 0 aliphatic carbocycles. The minimum absolute atomic E-state index is 0.0858. The van der Waals surface area contributed by atoms with Crippen LogP contribution in [0, 0.1) is 0 Å². The third-order valence-corrected chi connectivity index (χ3v) is 15.5. The van der Waals surface area contributed by atoms with E-state index in [0.717, 1.165) is 109 Å². The van der Waals surface area contributed by atoms with Gasteiger partial charge in [0.2, 0.25) is 0 Å². The molecule has 0 heterocycles. The van der Waals surface area contributed by atoms with Gasteiger partial charge in [0.15, 0.2) is 6.10 Å². The van der Waals surface area contributed by atoms with Crippen molar-refractivity contribution in [2.75, 3.05) is 13.2 Å². The molecule has 0 saturated heterocycles. The van der Waals surface area contributed by atoms with Crippen molar-refractivity contribution in [2.24, 2.45) is 0 Å². The molecule has 0 saturated carbocycles. The molecule has 0 aliphatic heterocycles. The molecule has 0 aromatic heterocycles. The zero-order valence-corrected chi connectivity index (χ0v) is 54.9. The summed E-state index contributed by atoms with van der Waals surface area (Å²) in [5.74, 6) is -0.896.